The molecule has 0 radical (unpaired) electrons. The van der Waals surface area contributed by atoms with Gasteiger partial charge in [0.25, 0.3) is 0 Å². The Morgan fingerprint density at radius 3 is 2.25 bits per heavy atom. The molecule has 0 heterocycles. The van der Waals surface area contributed by atoms with Crippen molar-refractivity contribution in [1.29, 1.82) is 0 Å². The van der Waals surface area contributed by atoms with E-state index in [0.29, 0.717) is 0 Å². The molecule has 1 fully saturated rings. The Kier molecular flexibility index (Phi) is 2.76. The fourth-order valence-corrected chi connectivity index (χ4v) is 2.14. The molecular weight excluding hydrogens is 150 g/mol. The molecule has 0 aliphatic heterocycles. The minimum atomic E-state index is -0.139. The predicted octanol–water partition coefficient (Wildman–Crippen LogP) is 2.08. The third-order valence-corrected chi connectivity index (χ3v) is 3.47. The van der Waals surface area contributed by atoms with Gasteiger partial charge in [-0.3, -0.25) is 4.79 Å². The van der Waals surface area contributed by atoms with E-state index in [-0.39, 0.29) is 17.2 Å². The molecular formula is C10H19NO. The first-order chi connectivity index (χ1) is 5.56. The zero-order valence-electron chi connectivity index (χ0n) is 8.10. The average molecular weight is 169 g/mol. The number of rotatable bonds is 2. The van der Waals surface area contributed by atoms with Crippen LogP contribution < -0.4 is 5.73 Å². The van der Waals surface area contributed by atoms with Crippen LogP contribution in [0.5, 0.6) is 0 Å². The van der Waals surface area contributed by atoms with Crippen molar-refractivity contribution < 1.29 is 4.79 Å². The number of carbonyl (C=O) groups excluding carboxylic acids is 1. The molecule has 1 atom stereocenters. The summed E-state index contributed by atoms with van der Waals surface area (Å²) in [6.07, 6.45) is 6.16. The second kappa shape index (κ2) is 3.46. The summed E-state index contributed by atoms with van der Waals surface area (Å²) in [5, 5.41) is 0. The van der Waals surface area contributed by atoms with Gasteiger partial charge in [0.1, 0.15) is 0 Å². The molecule has 2 heteroatoms. The number of nitrogens with two attached hydrogens (primary N) is 1. The van der Waals surface area contributed by atoms with Crippen LogP contribution in [0.1, 0.15) is 46.0 Å². The Balaban J connectivity index is 2.62. The highest BCUT2D eigenvalue weighted by Crippen LogP contribution is 2.41. The van der Waals surface area contributed by atoms with Crippen LogP contribution in [-0.2, 0) is 4.79 Å². The maximum absolute atomic E-state index is 11.0. The molecule has 70 valence electrons. The SMILES string of the molecule is CC(C(N)=O)C1(C)CCCCC1. The van der Waals surface area contributed by atoms with Crippen molar-refractivity contribution in [2.45, 2.75) is 46.0 Å². The van der Waals surface area contributed by atoms with Crippen molar-refractivity contribution in [2.24, 2.45) is 17.1 Å². The summed E-state index contributed by atoms with van der Waals surface area (Å²) < 4.78 is 0. The van der Waals surface area contributed by atoms with Crippen LogP contribution in [0.4, 0.5) is 0 Å². The van der Waals surface area contributed by atoms with Crippen LogP contribution in [0.2, 0.25) is 0 Å². The summed E-state index contributed by atoms with van der Waals surface area (Å²) in [5.41, 5.74) is 5.50. The molecule has 0 aromatic rings. The third kappa shape index (κ3) is 1.79. The lowest BCUT2D eigenvalue weighted by Gasteiger charge is -2.37. The molecule has 0 aromatic heterocycles. The smallest absolute Gasteiger partial charge is 0.220 e. The molecule has 12 heavy (non-hydrogen) atoms. The van der Waals surface area contributed by atoms with Crippen LogP contribution in [-0.4, -0.2) is 5.91 Å². The van der Waals surface area contributed by atoms with Crippen molar-refractivity contribution in [3.8, 4) is 0 Å². The molecule has 0 spiro atoms. The van der Waals surface area contributed by atoms with Crippen LogP contribution in [0.15, 0.2) is 0 Å². The van der Waals surface area contributed by atoms with Gasteiger partial charge in [0, 0.05) is 5.92 Å². The van der Waals surface area contributed by atoms with Gasteiger partial charge in [-0.25, -0.2) is 0 Å². The van der Waals surface area contributed by atoms with Gasteiger partial charge in [0.2, 0.25) is 5.91 Å². The first-order valence-electron chi connectivity index (χ1n) is 4.85. The van der Waals surface area contributed by atoms with Crippen LogP contribution >= 0.6 is 0 Å². The molecule has 1 aliphatic rings. The van der Waals surface area contributed by atoms with Crippen molar-refractivity contribution in [2.75, 3.05) is 0 Å². The Hall–Kier alpha value is -0.530. The molecule has 2 N–H and O–H groups in total. The number of hydrogen-bond acceptors (Lipinski definition) is 1. The molecule has 0 bridgehead atoms. The zero-order valence-corrected chi connectivity index (χ0v) is 8.10. The Bertz CT molecular complexity index is 171. The summed E-state index contributed by atoms with van der Waals surface area (Å²) in [6.45, 7) is 4.16. The second-order valence-electron chi connectivity index (χ2n) is 4.34. The van der Waals surface area contributed by atoms with Gasteiger partial charge in [-0.2, -0.15) is 0 Å². The lowest BCUT2D eigenvalue weighted by molar-refractivity contribution is -0.125. The number of primary amides is 1. The van der Waals surface area contributed by atoms with Gasteiger partial charge in [0.05, 0.1) is 0 Å². The number of hydrogen-bond donors (Lipinski definition) is 1. The molecule has 1 unspecified atom stereocenters. The summed E-state index contributed by atoms with van der Waals surface area (Å²) in [6, 6.07) is 0. The fraction of sp³-hybridized carbons (Fsp3) is 0.900. The maximum Gasteiger partial charge on any atom is 0.220 e. The van der Waals surface area contributed by atoms with Crippen LogP contribution in [0.25, 0.3) is 0 Å². The molecule has 1 amide bonds. The quantitative estimate of drug-likeness (QED) is 0.675. The van der Waals surface area contributed by atoms with Crippen molar-refractivity contribution in [3.63, 3.8) is 0 Å². The molecule has 1 saturated carbocycles. The van der Waals surface area contributed by atoms with E-state index in [4.69, 9.17) is 5.73 Å². The van der Waals surface area contributed by atoms with E-state index < -0.39 is 0 Å². The molecule has 0 saturated heterocycles. The normalized spacial score (nSPS) is 24.8. The third-order valence-electron chi connectivity index (χ3n) is 3.47. The van der Waals surface area contributed by atoms with Gasteiger partial charge in [-0.05, 0) is 18.3 Å². The predicted molar refractivity (Wildman–Crippen MR) is 49.6 cm³/mol. The van der Waals surface area contributed by atoms with E-state index in [9.17, 15) is 4.79 Å². The van der Waals surface area contributed by atoms with Gasteiger partial charge in [-0.15, -0.1) is 0 Å². The largest absolute Gasteiger partial charge is 0.369 e. The highest BCUT2D eigenvalue weighted by Gasteiger charge is 2.35. The van der Waals surface area contributed by atoms with E-state index in [1.165, 1.54) is 19.3 Å². The van der Waals surface area contributed by atoms with Crippen LogP contribution in [0, 0.1) is 11.3 Å². The summed E-state index contributed by atoms with van der Waals surface area (Å²) >= 11 is 0. The molecule has 2 nitrogen and oxygen atoms in total. The van der Waals surface area contributed by atoms with E-state index in [2.05, 4.69) is 6.92 Å². The van der Waals surface area contributed by atoms with Crippen molar-refractivity contribution in [3.05, 3.63) is 0 Å². The topological polar surface area (TPSA) is 43.1 Å². The lowest BCUT2D eigenvalue weighted by atomic mass is 9.68. The standard InChI is InChI=1S/C10H19NO/c1-8(9(11)12)10(2)6-4-3-5-7-10/h8H,3-7H2,1-2H3,(H2,11,12). The Morgan fingerprint density at radius 1 is 1.33 bits per heavy atom. The molecule has 1 aliphatic carbocycles. The Labute approximate surface area is 74.5 Å². The fourth-order valence-electron chi connectivity index (χ4n) is 2.14. The minimum Gasteiger partial charge on any atom is -0.369 e. The van der Waals surface area contributed by atoms with E-state index in [0.717, 1.165) is 12.8 Å². The highest BCUT2D eigenvalue weighted by atomic mass is 16.1. The first kappa shape index (κ1) is 9.56. The molecule has 1 rings (SSSR count). The summed E-state index contributed by atoms with van der Waals surface area (Å²) in [5.74, 6) is -0.0998. The highest BCUT2D eigenvalue weighted by molar-refractivity contribution is 5.77. The van der Waals surface area contributed by atoms with Gasteiger partial charge < -0.3 is 5.73 Å². The van der Waals surface area contributed by atoms with Gasteiger partial charge in [-0.1, -0.05) is 33.1 Å². The van der Waals surface area contributed by atoms with Crippen LogP contribution in [0.3, 0.4) is 0 Å². The van der Waals surface area contributed by atoms with Gasteiger partial charge in [0.15, 0.2) is 0 Å². The minimum absolute atomic E-state index is 0.0396. The lowest BCUT2D eigenvalue weighted by Crippen LogP contribution is -2.36. The molecule has 0 aromatic carbocycles. The van der Waals surface area contributed by atoms with Crippen molar-refractivity contribution >= 4 is 5.91 Å². The monoisotopic (exact) mass is 169 g/mol. The van der Waals surface area contributed by atoms with E-state index >= 15 is 0 Å². The van der Waals surface area contributed by atoms with E-state index in [1.54, 1.807) is 0 Å². The Morgan fingerprint density at radius 2 is 1.83 bits per heavy atom. The average Bonchev–Trinajstić information content (AvgIpc) is 2.04. The number of carbonyl (C=O) groups is 1. The van der Waals surface area contributed by atoms with Gasteiger partial charge >= 0.3 is 0 Å². The van der Waals surface area contributed by atoms with E-state index in [1.807, 2.05) is 6.92 Å². The second-order valence-corrected chi connectivity index (χ2v) is 4.34. The zero-order chi connectivity index (χ0) is 9.19. The summed E-state index contributed by atoms with van der Waals surface area (Å²) in [4.78, 5) is 11.0. The first-order valence-corrected chi connectivity index (χ1v) is 4.85. The maximum atomic E-state index is 11.0. The van der Waals surface area contributed by atoms with Crippen molar-refractivity contribution in [1.82, 2.24) is 0 Å². The number of amides is 1. The summed E-state index contributed by atoms with van der Waals surface area (Å²) in [7, 11) is 0.